The zero-order valence-electron chi connectivity index (χ0n) is 19.0. The number of allylic oxidation sites excluding steroid dienone is 1. The van der Waals surface area contributed by atoms with Crippen LogP contribution in [0.5, 0.6) is 0 Å². The van der Waals surface area contributed by atoms with Gasteiger partial charge in [-0.2, -0.15) is 4.31 Å². The van der Waals surface area contributed by atoms with Crippen molar-refractivity contribution in [2.75, 3.05) is 13.1 Å². The minimum Gasteiger partial charge on any atom is -0.348 e. The summed E-state index contributed by atoms with van der Waals surface area (Å²) in [5.74, 6) is 0.860. The Balaban J connectivity index is 1.49. The molecule has 1 aliphatic rings. The van der Waals surface area contributed by atoms with Crippen molar-refractivity contribution in [1.82, 2.24) is 24.2 Å². The molecule has 34 heavy (non-hydrogen) atoms. The number of hydrogen-bond donors (Lipinski definition) is 1. The minimum atomic E-state index is -3.63. The van der Waals surface area contributed by atoms with Gasteiger partial charge in [-0.05, 0) is 48.5 Å². The number of H-pyrrole nitrogens is 1. The fraction of sp³-hybridized carbons (Fsp3) is 0.240. The summed E-state index contributed by atoms with van der Waals surface area (Å²) in [6.07, 6.45) is 7.61. The molecule has 3 aromatic rings. The molecule has 1 aliphatic heterocycles. The molecule has 2 aromatic heterocycles. The Kier molecular flexibility index (Phi) is 7.46. The van der Waals surface area contributed by atoms with Gasteiger partial charge in [0.05, 0.1) is 29.4 Å². The van der Waals surface area contributed by atoms with Crippen molar-refractivity contribution in [3.63, 3.8) is 0 Å². The number of sulfonamides is 1. The van der Waals surface area contributed by atoms with E-state index in [0.29, 0.717) is 38.3 Å². The van der Waals surface area contributed by atoms with Crippen molar-refractivity contribution in [3.05, 3.63) is 102 Å². The van der Waals surface area contributed by atoms with Crippen LogP contribution in [0, 0.1) is 0 Å². The fourth-order valence-corrected chi connectivity index (χ4v) is 5.37. The topological polar surface area (TPSA) is 94.6 Å². The van der Waals surface area contributed by atoms with Crippen molar-refractivity contribution in [2.45, 2.75) is 31.0 Å². The lowest BCUT2D eigenvalue weighted by atomic mass is 10.1. The quantitative estimate of drug-likeness (QED) is 0.452. The third-order valence-corrected chi connectivity index (χ3v) is 7.63. The highest BCUT2D eigenvalue weighted by atomic mass is 32.2. The average Bonchev–Trinajstić information content (AvgIpc) is 3.37. The molecule has 0 radical (unpaired) electrons. The normalized spacial score (nSPS) is 15.0. The molecule has 1 N–H and O–H groups in total. The number of nitrogens with one attached hydrogen (secondary N) is 1. The lowest BCUT2D eigenvalue weighted by Crippen LogP contribution is -2.36. The number of imidazole rings is 1. The zero-order valence-corrected chi connectivity index (χ0v) is 19.8. The monoisotopic (exact) mass is 476 g/mol. The van der Waals surface area contributed by atoms with Crippen molar-refractivity contribution in [1.29, 1.82) is 0 Å². The molecule has 0 fully saturated rings. The van der Waals surface area contributed by atoms with E-state index in [1.54, 1.807) is 36.8 Å². The zero-order chi connectivity index (χ0) is 24.0. The summed E-state index contributed by atoms with van der Waals surface area (Å²) >= 11 is 0. The van der Waals surface area contributed by atoms with Crippen LogP contribution in [0.3, 0.4) is 0 Å². The predicted molar refractivity (Wildman–Crippen MR) is 132 cm³/mol. The van der Waals surface area contributed by atoms with Gasteiger partial charge in [0.2, 0.25) is 10.0 Å². The van der Waals surface area contributed by atoms with E-state index in [1.165, 1.54) is 4.31 Å². The van der Waals surface area contributed by atoms with Crippen LogP contribution >= 0.6 is 0 Å². The molecule has 176 valence electrons. The lowest BCUT2D eigenvalue weighted by molar-refractivity contribution is 0.239. The molecular weight excluding hydrogens is 448 g/mol. The first-order valence-electron chi connectivity index (χ1n) is 11.0. The van der Waals surface area contributed by atoms with E-state index >= 15 is 0 Å². The number of benzene rings is 1. The van der Waals surface area contributed by atoms with E-state index in [1.807, 2.05) is 30.3 Å². The van der Waals surface area contributed by atoms with Crippen LogP contribution < -0.4 is 0 Å². The Morgan fingerprint density at radius 3 is 2.56 bits per heavy atom. The number of aromatic nitrogens is 3. The molecule has 0 saturated heterocycles. The summed E-state index contributed by atoms with van der Waals surface area (Å²) in [5, 5.41) is 0. The maximum atomic E-state index is 13.2. The van der Waals surface area contributed by atoms with Crippen LogP contribution in [0.4, 0.5) is 0 Å². The minimum absolute atomic E-state index is 0.204. The highest BCUT2D eigenvalue weighted by Crippen LogP contribution is 2.26. The largest absolute Gasteiger partial charge is 0.348 e. The first-order chi connectivity index (χ1) is 16.5. The van der Waals surface area contributed by atoms with Gasteiger partial charge in [0, 0.05) is 38.2 Å². The highest BCUT2D eigenvalue weighted by molar-refractivity contribution is 7.89. The summed E-state index contributed by atoms with van der Waals surface area (Å²) in [4.78, 5) is 18.4. The summed E-state index contributed by atoms with van der Waals surface area (Å²) < 4.78 is 27.9. The molecular formula is C25H28N6O2S. The average molecular weight is 477 g/mol. The van der Waals surface area contributed by atoms with Gasteiger partial charge in [-0.1, -0.05) is 30.9 Å². The van der Waals surface area contributed by atoms with E-state index in [0.717, 1.165) is 22.7 Å². The van der Waals surface area contributed by atoms with Crippen LogP contribution in [0.25, 0.3) is 0 Å². The Morgan fingerprint density at radius 1 is 1.09 bits per heavy atom. The number of hydrogen-bond acceptors (Lipinski definition) is 6. The molecule has 4 rings (SSSR count). The van der Waals surface area contributed by atoms with E-state index in [2.05, 4.69) is 38.1 Å². The third kappa shape index (κ3) is 5.56. The molecule has 0 atom stereocenters. The molecule has 0 saturated carbocycles. The van der Waals surface area contributed by atoms with Gasteiger partial charge in [-0.3, -0.25) is 14.9 Å². The van der Waals surface area contributed by atoms with E-state index < -0.39 is 10.0 Å². The Bertz CT molecular complexity index is 1250. The standard InChI is InChI=1S/C25H28N6O2S/c1-3-21-11-15-31(18-24(21)26-2)34(32,33)23-9-7-20(8-10-23)16-30(19-25-28-13-14-29-25)17-22-6-4-5-12-27-22/h3-10,12-14H,1-2,11,15-19H2,(H,28,29). The first kappa shape index (κ1) is 23.7. The van der Waals surface area contributed by atoms with Crippen LogP contribution in [-0.4, -0.2) is 52.4 Å². The number of pyridine rings is 1. The SMILES string of the molecule is C=CC1=C(N=C)CN(S(=O)(=O)c2ccc(CN(Cc3ccccn3)Cc3ncc[nH]3)cc2)CC1. The van der Waals surface area contributed by atoms with Crippen LogP contribution in [0.1, 0.15) is 23.5 Å². The van der Waals surface area contributed by atoms with Gasteiger partial charge in [0.15, 0.2) is 0 Å². The number of aromatic amines is 1. The molecule has 0 bridgehead atoms. The smallest absolute Gasteiger partial charge is 0.243 e. The van der Waals surface area contributed by atoms with Crippen molar-refractivity contribution < 1.29 is 8.42 Å². The van der Waals surface area contributed by atoms with E-state index in [-0.39, 0.29) is 11.4 Å². The van der Waals surface area contributed by atoms with Gasteiger partial charge < -0.3 is 4.98 Å². The molecule has 0 spiro atoms. The molecule has 0 aliphatic carbocycles. The van der Waals surface area contributed by atoms with Crippen LogP contribution in [-0.2, 0) is 29.7 Å². The Hall–Kier alpha value is -3.40. The van der Waals surface area contributed by atoms with Gasteiger partial charge in [0.1, 0.15) is 5.82 Å². The maximum Gasteiger partial charge on any atom is 0.243 e. The van der Waals surface area contributed by atoms with Crippen molar-refractivity contribution in [2.24, 2.45) is 4.99 Å². The number of rotatable bonds is 10. The lowest BCUT2D eigenvalue weighted by Gasteiger charge is -2.27. The van der Waals surface area contributed by atoms with Gasteiger partial charge in [-0.25, -0.2) is 13.4 Å². The number of nitrogens with zero attached hydrogens (tertiary/aromatic N) is 5. The molecule has 8 nitrogen and oxygen atoms in total. The molecule has 1 aromatic carbocycles. The molecule has 0 unspecified atom stereocenters. The Morgan fingerprint density at radius 2 is 1.91 bits per heavy atom. The van der Waals surface area contributed by atoms with E-state index in [9.17, 15) is 8.42 Å². The summed E-state index contributed by atoms with van der Waals surface area (Å²) in [7, 11) is -3.63. The van der Waals surface area contributed by atoms with Gasteiger partial charge >= 0.3 is 0 Å². The summed E-state index contributed by atoms with van der Waals surface area (Å²) in [6, 6.07) is 12.9. The highest BCUT2D eigenvalue weighted by Gasteiger charge is 2.28. The number of aliphatic imine (C=N–C) groups is 1. The summed E-state index contributed by atoms with van der Waals surface area (Å²) in [6.45, 7) is 9.84. The molecule has 9 heteroatoms. The second kappa shape index (κ2) is 10.7. The molecule has 3 heterocycles. The van der Waals surface area contributed by atoms with E-state index in [4.69, 9.17) is 0 Å². The van der Waals surface area contributed by atoms with Gasteiger partial charge in [0.25, 0.3) is 0 Å². The van der Waals surface area contributed by atoms with Crippen molar-refractivity contribution in [3.8, 4) is 0 Å². The predicted octanol–water partition coefficient (Wildman–Crippen LogP) is 3.54. The fourth-order valence-electron chi connectivity index (χ4n) is 3.97. The maximum absolute atomic E-state index is 13.2. The van der Waals surface area contributed by atoms with Crippen LogP contribution in [0.2, 0.25) is 0 Å². The van der Waals surface area contributed by atoms with Gasteiger partial charge in [-0.15, -0.1) is 0 Å². The molecule has 0 amide bonds. The van der Waals surface area contributed by atoms with Crippen LogP contribution in [0.15, 0.2) is 94.9 Å². The Labute approximate surface area is 200 Å². The summed E-state index contributed by atoms with van der Waals surface area (Å²) in [5.41, 5.74) is 3.56. The third-order valence-electron chi connectivity index (χ3n) is 5.77. The second-order valence-corrected chi connectivity index (χ2v) is 10.0. The first-order valence-corrected chi connectivity index (χ1v) is 12.4. The van der Waals surface area contributed by atoms with Crippen molar-refractivity contribution >= 4 is 16.7 Å². The second-order valence-electron chi connectivity index (χ2n) is 8.07.